The van der Waals surface area contributed by atoms with E-state index in [1.165, 1.54) is 4.31 Å². The van der Waals surface area contributed by atoms with Gasteiger partial charge in [-0.3, -0.25) is 4.79 Å². The van der Waals surface area contributed by atoms with E-state index in [1.807, 2.05) is 0 Å². The van der Waals surface area contributed by atoms with Crippen molar-refractivity contribution in [1.82, 2.24) is 9.62 Å². The standard InChI is InChI=1S/C18H28N2O3S/c1-2-3-14-19-18(21)15-20(16-10-6-4-7-11-16)24(22,23)17-12-8-5-9-13-17/h5,8-9,12-13,16H,2-4,6-7,10-11,14-15H2,1H3,(H,19,21). The highest BCUT2D eigenvalue weighted by Crippen LogP contribution is 2.27. The molecule has 2 rings (SSSR count). The zero-order chi connectivity index (χ0) is 17.4. The minimum atomic E-state index is -3.65. The van der Waals surface area contributed by atoms with Crippen LogP contribution >= 0.6 is 0 Å². The van der Waals surface area contributed by atoms with Crippen LogP contribution in [0.15, 0.2) is 35.2 Å². The number of rotatable bonds is 8. The fourth-order valence-corrected chi connectivity index (χ4v) is 4.77. The molecule has 6 heteroatoms. The number of carbonyl (C=O) groups excluding carboxylic acids is 1. The summed E-state index contributed by atoms with van der Waals surface area (Å²) in [5.74, 6) is -0.214. The van der Waals surface area contributed by atoms with E-state index in [1.54, 1.807) is 30.3 Å². The summed E-state index contributed by atoms with van der Waals surface area (Å²) in [4.78, 5) is 12.5. The molecule has 1 N–H and O–H groups in total. The molecule has 1 aliphatic carbocycles. The maximum Gasteiger partial charge on any atom is 0.243 e. The lowest BCUT2D eigenvalue weighted by Crippen LogP contribution is -2.47. The number of unbranched alkanes of at least 4 members (excludes halogenated alkanes) is 1. The van der Waals surface area contributed by atoms with Gasteiger partial charge in [-0.05, 0) is 31.4 Å². The molecule has 0 aromatic heterocycles. The molecular weight excluding hydrogens is 324 g/mol. The Bertz CT molecular complexity index is 610. The van der Waals surface area contributed by atoms with Gasteiger partial charge < -0.3 is 5.32 Å². The lowest BCUT2D eigenvalue weighted by Gasteiger charge is -2.33. The van der Waals surface area contributed by atoms with Crippen LogP contribution < -0.4 is 5.32 Å². The van der Waals surface area contributed by atoms with Gasteiger partial charge in [0, 0.05) is 12.6 Å². The lowest BCUT2D eigenvalue weighted by molar-refractivity contribution is -0.121. The first-order valence-corrected chi connectivity index (χ1v) is 10.3. The molecule has 0 unspecified atom stereocenters. The summed E-state index contributed by atoms with van der Waals surface area (Å²) in [6.45, 7) is 2.56. The maximum absolute atomic E-state index is 13.0. The van der Waals surface area contributed by atoms with Crippen molar-refractivity contribution in [2.75, 3.05) is 13.1 Å². The quantitative estimate of drug-likeness (QED) is 0.732. The topological polar surface area (TPSA) is 66.5 Å². The SMILES string of the molecule is CCCCNC(=O)CN(C1CCCCC1)S(=O)(=O)c1ccccc1. The summed E-state index contributed by atoms with van der Waals surface area (Å²) in [6, 6.07) is 8.34. The first-order chi connectivity index (χ1) is 11.6. The van der Waals surface area contributed by atoms with Crippen molar-refractivity contribution in [2.24, 2.45) is 0 Å². The second-order valence-corrected chi connectivity index (χ2v) is 8.25. The first-order valence-electron chi connectivity index (χ1n) is 8.89. The molecule has 1 aliphatic rings. The molecule has 0 bridgehead atoms. The average Bonchev–Trinajstić information content (AvgIpc) is 2.61. The van der Waals surface area contributed by atoms with Crippen molar-refractivity contribution in [2.45, 2.75) is 62.8 Å². The van der Waals surface area contributed by atoms with E-state index in [-0.39, 0.29) is 23.4 Å². The van der Waals surface area contributed by atoms with Crippen molar-refractivity contribution in [3.8, 4) is 0 Å². The van der Waals surface area contributed by atoms with Crippen LogP contribution in [0.2, 0.25) is 0 Å². The van der Waals surface area contributed by atoms with Crippen LogP contribution in [0.5, 0.6) is 0 Å². The molecule has 0 aliphatic heterocycles. The monoisotopic (exact) mass is 352 g/mol. The zero-order valence-electron chi connectivity index (χ0n) is 14.4. The highest BCUT2D eigenvalue weighted by atomic mass is 32.2. The summed E-state index contributed by atoms with van der Waals surface area (Å²) in [5.41, 5.74) is 0. The molecule has 0 saturated heterocycles. The summed E-state index contributed by atoms with van der Waals surface area (Å²) < 4.78 is 27.5. The molecule has 1 saturated carbocycles. The largest absolute Gasteiger partial charge is 0.355 e. The molecule has 134 valence electrons. The Kier molecular flexibility index (Phi) is 7.24. The van der Waals surface area contributed by atoms with E-state index < -0.39 is 10.0 Å². The van der Waals surface area contributed by atoms with E-state index in [2.05, 4.69) is 12.2 Å². The predicted molar refractivity (Wildman–Crippen MR) is 95.1 cm³/mol. The second kappa shape index (κ2) is 9.18. The van der Waals surface area contributed by atoms with Crippen molar-refractivity contribution in [3.63, 3.8) is 0 Å². The normalized spacial score (nSPS) is 16.2. The number of sulfonamides is 1. The number of nitrogens with zero attached hydrogens (tertiary/aromatic N) is 1. The summed E-state index contributed by atoms with van der Waals surface area (Å²) in [6.07, 6.45) is 6.72. The molecule has 0 atom stereocenters. The molecule has 1 aromatic carbocycles. The molecule has 5 nitrogen and oxygen atoms in total. The third kappa shape index (κ3) is 5.05. The minimum absolute atomic E-state index is 0.0825. The van der Waals surface area contributed by atoms with Gasteiger partial charge >= 0.3 is 0 Å². The van der Waals surface area contributed by atoms with E-state index in [4.69, 9.17) is 0 Å². The van der Waals surface area contributed by atoms with Gasteiger partial charge in [0.05, 0.1) is 11.4 Å². The molecule has 1 fully saturated rings. The van der Waals surface area contributed by atoms with Crippen LogP contribution in [0.1, 0.15) is 51.9 Å². The molecule has 0 heterocycles. The second-order valence-electron chi connectivity index (χ2n) is 6.36. The summed E-state index contributed by atoms with van der Waals surface area (Å²) >= 11 is 0. The number of amides is 1. The van der Waals surface area contributed by atoms with E-state index in [9.17, 15) is 13.2 Å². The molecule has 0 radical (unpaired) electrons. The Hall–Kier alpha value is -1.40. The van der Waals surface area contributed by atoms with Gasteiger partial charge in [0.2, 0.25) is 15.9 Å². The van der Waals surface area contributed by atoms with E-state index >= 15 is 0 Å². The van der Waals surface area contributed by atoms with Gasteiger partial charge in [0.15, 0.2) is 0 Å². The molecule has 24 heavy (non-hydrogen) atoms. The number of carbonyl (C=O) groups is 1. The summed E-state index contributed by atoms with van der Waals surface area (Å²) in [5, 5.41) is 2.83. The van der Waals surface area contributed by atoms with Crippen LogP contribution in [0.25, 0.3) is 0 Å². The Morgan fingerprint density at radius 3 is 2.46 bits per heavy atom. The van der Waals surface area contributed by atoms with Gasteiger partial charge in [0.25, 0.3) is 0 Å². The molecule has 1 amide bonds. The number of hydrogen-bond acceptors (Lipinski definition) is 3. The molecular formula is C18H28N2O3S. The van der Waals surface area contributed by atoms with Crippen LogP contribution in [-0.2, 0) is 14.8 Å². The molecule has 0 spiro atoms. The maximum atomic E-state index is 13.0. The lowest BCUT2D eigenvalue weighted by atomic mass is 9.95. The first kappa shape index (κ1) is 18.9. The smallest absolute Gasteiger partial charge is 0.243 e. The van der Waals surface area contributed by atoms with Crippen LogP contribution in [0.3, 0.4) is 0 Å². The van der Waals surface area contributed by atoms with Gasteiger partial charge in [-0.1, -0.05) is 50.8 Å². The van der Waals surface area contributed by atoms with E-state index in [0.717, 1.165) is 44.9 Å². The molecule has 1 aromatic rings. The Balaban J connectivity index is 2.17. The Morgan fingerprint density at radius 1 is 1.17 bits per heavy atom. The van der Waals surface area contributed by atoms with Crippen molar-refractivity contribution in [1.29, 1.82) is 0 Å². The van der Waals surface area contributed by atoms with Gasteiger partial charge in [-0.15, -0.1) is 0 Å². The van der Waals surface area contributed by atoms with Crippen molar-refractivity contribution < 1.29 is 13.2 Å². The highest BCUT2D eigenvalue weighted by Gasteiger charge is 2.33. The van der Waals surface area contributed by atoms with Gasteiger partial charge in [0.1, 0.15) is 0 Å². The van der Waals surface area contributed by atoms with Gasteiger partial charge in [-0.25, -0.2) is 8.42 Å². The number of nitrogens with one attached hydrogen (secondary N) is 1. The Morgan fingerprint density at radius 2 is 1.83 bits per heavy atom. The van der Waals surface area contributed by atoms with E-state index in [0.29, 0.717) is 6.54 Å². The highest BCUT2D eigenvalue weighted by molar-refractivity contribution is 7.89. The predicted octanol–water partition coefficient (Wildman–Crippen LogP) is 2.93. The third-order valence-corrected chi connectivity index (χ3v) is 6.40. The number of benzene rings is 1. The fourth-order valence-electron chi connectivity index (χ4n) is 3.11. The number of hydrogen-bond donors (Lipinski definition) is 1. The van der Waals surface area contributed by atoms with Crippen LogP contribution in [-0.4, -0.2) is 37.8 Å². The van der Waals surface area contributed by atoms with Crippen LogP contribution in [0, 0.1) is 0 Å². The van der Waals surface area contributed by atoms with Crippen LogP contribution in [0.4, 0.5) is 0 Å². The fraction of sp³-hybridized carbons (Fsp3) is 0.611. The zero-order valence-corrected chi connectivity index (χ0v) is 15.2. The van der Waals surface area contributed by atoms with Crippen molar-refractivity contribution >= 4 is 15.9 Å². The van der Waals surface area contributed by atoms with Gasteiger partial charge in [-0.2, -0.15) is 4.31 Å². The van der Waals surface area contributed by atoms with Crippen molar-refractivity contribution in [3.05, 3.63) is 30.3 Å². The third-order valence-electron chi connectivity index (χ3n) is 4.48. The Labute approximate surface area is 145 Å². The summed E-state index contributed by atoms with van der Waals surface area (Å²) in [7, 11) is -3.65. The average molecular weight is 352 g/mol. The minimum Gasteiger partial charge on any atom is -0.355 e.